The lowest BCUT2D eigenvalue weighted by Gasteiger charge is -2.27. The normalized spacial score (nSPS) is 13.1. The third kappa shape index (κ3) is 10.4. The molecule has 0 saturated heterocycles. The zero-order chi connectivity index (χ0) is 35.5. The molecule has 0 radical (unpaired) electrons. The van der Waals surface area contributed by atoms with Crippen molar-refractivity contribution in [3.05, 3.63) is 148 Å². The molecule has 2 atom stereocenters. The number of benzene rings is 4. The van der Waals surface area contributed by atoms with Crippen molar-refractivity contribution in [1.29, 1.82) is 0 Å². The molecule has 2 unspecified atom stereocenters. The van der Waals surface area contributed by atoms with Crippen LogP contribution in [0.15, 0.2) is 121 Å². The van der Waals surface area contributed by atoms with Crippen molar-refractivity contribution < 1.29 is 19.4 Å². The number of rotatable bonds is 17. The number of para-hydroxylation sites is 1. The number of aliphatic carboxylic acids is 1. The number of carbonyl (C=O) groups is 2. The van der Waals surface area contributed by atoms with Crippen molar-refractivity contribution in [3.8, 4) is 0 Å². The fraction of sp³-hybridized carbons (Fsp3) is 0.268. The largest absolute Gasteiger partial charge is 0.480 e. The molecule has 5 rings (SSSR count). The Labute approximate surface area is 299 Å². The maximum absolute atomic E-state index is 12.4. The predicted octanol–water partition coefficient (Wildman–Crippen LogP) is 8.96. The molecule has 4 aromatic rings. The number of halogens is 1. The molecule has 4 N–H and O–H groups in total. The van der Waals surface area contributed by atoms with Crippen LogP contribution in [0.4, 0.5) is 16.2 Å². The summed E-state index contributed by atoms with van der Waals surface area (Å²) >= 11 is 6.23. The third-order valence-electron chi connectivity index (χ3n) is 8.74. The number of hydrogen-bond donors (Lipinski definition) is 4. The molecular weight excluding hydrogens is 648 g/mol. The molecule has 1 aliphatic carbocycles. The summed E-state index contributed by atoms with van der Waals surface area (Å²) in [4.78, 5) is 26.7. The lowest BCUT2D eigenvalue weighted by molar-refractivity contribution is -0.139. The number of anilines is 2. The highest BCUT2D eigenvalue weighted by Gasteiger charge is 2.24. The van der Waals surface area contributed by atoms with Crippen molar-refractivity contribution in [1.82, 2.24) is 10.6 Å². The second kappa shape index (κ2) is 17.4. The van der Waals surface area contributed by atoms with E-state index in [1.807, 2.05) is 60.7 Å². The first-order valence-electron chi connectivity index (χ1n) is 17.0. The monoisotopic (exact) mass is 692 g/mol. The number of carbonyl (C=O) groups excluding carboxylic acids is 1. The van der Waals surface area contributed by atoms with Crippen LogP contribution in [0.2, 0.25) is 5.02 Å². The first-order valence-corrected chi connectivity index (χ1v) is 17.4. The Hall–Kier alpha value is -5.21. The van der Waals surface area contributed by atoms with Crippen molar-refractivity contribution in [2.24, 2.45) is 0 Å². The molecule has 1 saturated carbocycles. The van der Waals surface area contributed by atoms with Crippen LogP contribution < -0.4 is 20.9 Å². The van der Waals surface area contributed by atoms with Crippen molar-refractivity contribution in [2.75, 3.05) is 23.3 Å². The van der Waals surface area contributed by atoms with E-state index in [4.69, 9.17) is 16.3 Å². The van der Waals surface area contributed by atoms with Crippen LogP contribution in [-0.4, -0.2) is 36.3 Å². The number of hydrogen-bond acceptors (Lipinski definition) is 6. The molecular formula is C41H45ClN4O4. The number of carboxylic acid groups (broad SMARTS) is 1. The summed E-state index contributed by atoms with van der Waals surface area (Å²) in [6.07, 6.45) is 2.14. The topological polar surface area (TPSA) is 103 Å². The van der Waals surface area contributed by atoms with Gasteiger partial charge in [0.05, 0.1) is 6.54 Å². The highest BCUT2D eigenvalue weighted by molar-refractivity contribution is 6.30. The van der Waals surface area contributed by atoms with E-state index in [2.05, 4.69) is 83.7 Å². The number of nitrogens with one attached hydrogen (secondary N) is 3. The Kier molecular flexibility index (Phi) is 12.6. The fourth-order valence-corrected chi connectivity index (χ4v) is 5.79. The van der Waals surface area contributed by atoms with Crippen molar-refractivity contribution in [3.63, 3.8) is 0 Å². The maximum Gasteiger partial charge on any atom is 0.408 e. The number of nitrogens with zero attached hydrogens (tertiary/aromatic N) is 1. The van der Waals surface area contributed by atoms with Crippen LogP contribution in [0.5, 0.6) is 0 Å². The molecule has 260 valence electrons. The second-order valence-corrected chi connectivity index (χ2v) is 13.0. The van der Waals surface area contributed by atoms with E-state index in [1.54, 1.807) is 0 Å². The van der Waals surface area contributed by atoms with E-state index in [1.165, 1.54) is 11.1 Å². The van der Waals surface area contributed by atoms with Gasteiger partial charge in [-0.25, -0.2) is 9.59 Å². The lowest BCUT2D eigenvalue weighted by Crippen LogP contribution is -2.47. The summed E-state index contributed by atoms with van der Waals surface area (Å²) in [5.74, 6) is -0.721. The SMILES string of the molecule is C=C(CN(Cc1ccc(C(NCC(NC(=O)OCc2ccccc2)C(=O)O)=C2CC2)cc1)c1ccc(Cl)cc1)Nc1ccccc1C(C)CC. The molecule has 50 heavy (non-hydrogen) atoms. The highest BCUT2D eigenvalue weighted by Crippen LogP contribution is 2.35. The number of amides is 1. The van der Waals surface area contributed by atoms with Crippen LogP contribution in [0.1, 0.15) is 61.3 Å². The van der Waals surface area contributed by atoms with Crippen LogP contribution in [-0.2, 0) is 22.7 Å². The molecule has 0 heterocycles. The molecule has 1 amide bonds. The maximum atomic E-state index is 12.4. The van der Waals surface area contributed by atoms with Gasteiger partial charge in [0.1, 0.15) is 12.6 Å². The molecule has 1 fully saturated rings. The second-order valence-electron chi connectivity index (χ2n) is 12.6. The van der Waals surface area contributed by atoms with E-state index < -0.39 is 18.1 Å². The van der Waals surface area contributed by atoms with Gasteiger partial charge in [0.15, 0.2) is 0 Å². The highest BCUT2D eigenvalue weighted by atomic mass is 35.5. The Bertz CT molecular complexity index is 1790. The fourth-order valence-electron chi connectivity index (χ4n) is 5.66. The van der Waals surface area contributed by atoms with Gasteiger partial charge in [0.2, 0.25) is 0 Å². The summed E-state index contributed by atoms with van der Waals surface area (Å²) in [5, 5.41) is 19.8. The lowest BCUT2D eigenvalue weighted by atomic mass is 9.97. The number of allylic oxidation sites excluding steroid dienone is 1. The Morgan fingerprint density at radius 1 is 0.920 bits per heavy atom. The van der Waals surface area contributed by atoms with Gasteiger partial charge in [0.25, 0.3) is 0 Å². The van der Waals surface area contributed by atoms with Gasteiger partial charge in [-0.3, -0.25) is 0 Å². The van der Waals surface area contributed by atoms with Crippen LogP contribution in [0, 0.1) is 0 Å². The average Bonchev–Trinajstić information content (AvgIpc) is 3.97. The minimum absolute atomic E-state index is 0.00989. The van der Waals surface area contributed by atoms with E-state index in [9.17, 15) is 14.7 Å². The summed E-state index contributed by atoms with van der Waals surface area (Å²) in [6, 6.07) is 32.5. The minimum atomic E-state index is -1.17. The number of carboxylic acids is 1. The van der Waals surface area contributed by atoms with Gasteiger partial charge < -0.3 is 30.7 Å². The van der Waals surface area contributed by atoms with Crippen LogP contribution in [0.25, 0.3) is 5.70 Å². The molecule has 9 heteroatoms. The molecule has 0 bridgehead atoms. The van der Waals surface area contributed by atoms with Gasteiger partial charge in [0, 0.05) is 40.9 Å². The average molecular weight is 693 g/mol. The van der Waals surface area contributed by atoms with E-state index in [0.29, 0.717) is 24.0 Å². The van der Waals surface area contributed by atoms with E-state index in [-0.39, 0.29) is 13.2 Å². The van der Waals surface area contributed by atoms with Gasteiger partial charge in [-0.2, -0.15) is 0 Å². The van der Waals surface area contributed by atoms with E-state index >= 15 is 0 Å². The van der Waals surface area contributed by atoms with Gasteiger partial charge in [-0.1, -0.05) is 105 Å². The Morgan fingerprint density at radius 2 is 1.60 bits per heavy atom. The molecule has 0 aromatic heterocycles. The molecule has 0 aliphatic heterocycles. The minimum Gasteiger partial charge on any atom is -0.480 e. The summed E-state index contributed by atoms with van der Waals surface area (Å²) in [5.41, 5.74) is 9.24. The predicted molar refractivity (Wildman–Crippen MR) is 202 cm³/mol. The molecule has 8 nitrogen and oxygen atoms in total. The van der Waals surface area contributed by atoms with Gasteiger partial charge in [-0.15, -0.1) is 0 Å². The first-order chi connectivity index (χ1) is 24.2. The summed E-state index contributed by atoms with van der Waals surface area (Å²) in [6.45, 7) is 10.1. The molecule has 1 aliphatic rings. The van der Waals surface area contributed by atoms with Gasteiger partial charge >= 0.3 is 12.1 Å². The molecule has 4 aromatic carbocycles. The summed E-state index contributed by atoms with van der Waals surface area (Å²) < 4.78 is 5.24. The quantitative estimate of drug-likeness (QED) is 0.0876. The van der Waals surface area contributed by atoms with Crippen LogP contribution in [0.3, 0.4) is 0 Å². The van der Waals surface area contributed by atoms with Gasteiger partial charge in [-0.05, 0) is 83.3 Å². The van der Waals surface area contributed by atoms with Crippen molar-refractivity contribution >= 4 is 40.7 Å². The third-order valence-corrected chi connectivity index (χ3v) is 9.00. The zero-order valence-electron chi connectivity index (χ0n) is 28.6. The smallest absolute Gasteiger partial charge is 0.408 e. The Balaban J connectivity index is 1.24. The Morgan fingerprint density at radius 3 is 2.26 bits per heavy atom. The van der Waals surface area contributed by atoms with E-state index in [0.717, 1.165) is 58.7 Å². The zero-order valence-corrected chi connectivity index (χ0v) is 29.4. The standard InChI is InChI=1S/C41H45ClN4O4/c1-4-28(2)36-12-8-9-13-37(36)44-29(3)25-46(35-22-20-34(42)21-23-35)26-30-14-16-32(17-15-30)39(33-18-19-33)43-24-38(40(47)48)45-41(49)50-27-31-10-6-5-7-11-31/h5-17,20-23,28,38,43-44H,3-4,18-19,24-27H2,1-2H3,(H,45,49)(H,47,48). The molecule has 0 spiro atoms. The van der Waals surface area contributed by atoms with Crippen molar-refractivity contribution in [2.45, 2.75) is 58.2 Å². The van der Waals surface area contributed by atoms with Crippen LogP contribution >= 0.6 is 11.6 Å². The first kappa shape index (κ1) is 36.1. The number of ether oxygens (including phenoxy) is 1. The summed E-state index contributed by atoms with van der Waals surface area (Å²) in [7, 11) is 0. The number of alkyl carbamates (subject to hydrolysis) is 1.